The lowest BCUT2D eigenvalue weighted by molar-refractivity contribution is -0.128. The van der Waals surface area contributed by atoms with E-state index in [2.05, 4.69) is 25.1 Å². The molecule has 1 amide bonds. The number of piperidine rings is 1. The van der Waals surface area contributed by atoms with Crippen LogP contribution in [-0.4, -0.2) is 58.5 Å². The minimum absolute atomic E-state index is 0.0725. The normalized spacial score (nSPS) is 18.1. The standard InChI is InChI=1S/C25H32N6O/c1-17-8-4-6-10-19(17)29-24(32)25(30(2)3)12-14-31(15-13-25)23-21-18-9-5-7-11-20(18)28-22(21)26-16-27-23/h4,6,8,10,16H,5,7,9,11-15H2,1-3H3,(H,29,32)(H,26,27,28). The van der Waals surface area contributed by atoms with Crippen LogP contribution in [0, 0.1) is 6.92 Å². The third-order valence-corrected chi connectivity index (χ3v) is 7.43. The van der Waals surface area contributed by atoms with Crippen LogP contribution in [0.1, 0.15) is 42.5 Å². The van der Waals surface area contributed by atoms with Crippen molar-refractivity contribution in [3.63, 3.8) is 0 Å². The number of aryl methyl sites for hydroxylation is 3. The zero-order chi connectivity index (χ0) is 22.3. The monoisotopic (exact) mass is 432 g/mol. The lowest BCUT2D eigenvalue weighted by Crippen LogP contribution is -2.59. The van der Waals surface area contributed by atoms with E-state index >= 15 is 0 Å². The number of benzene rings is 1. The summed E-state index contributed by atoms with van der Waals surface area (Å²) in [6.45, 7) is 3.59. The molecule has 2 N–H and O–H groups in total. The second kappa shape index (κ2) is 8.20. The van der Waals surface area contributed by atoms with Gasteiger partial charge in [0.1, 0.15) is 23.3 Å². The van der Waals surface area contributed by atoms with Crippen LogP contribution >= 0.6 is 0 Å². The van der Waals surface area contributed by atoms with Crippen molar-refractivity contribution in [2.24, 2.45) is 0 Å². The van der Waals surface area contributed by atoms with E-state index < -0.39 is 5.54 Å². The summed E-state index contributed by atoms with van der Waals surface area (Å²) < 4.78 is 0. The number of nitrogens with zero attached hydrogens (tertiary/aromatic N) is 4. The molecule has 0 saturated carbocycles. The molecule has 0 radical (unpaired) electrons. The first-order chi connectivity index (χ1) is 15.5. The highest BCUT2D eigenvalue weighted by Gasteiger charge is 2.44. The molecule has 7 heteroatoms. The molecule has 1 aliphatic heterocycles. The maximum Gasteiger partial charge on any atom is 0.245 e. The fourth-order valence-corrected chi connectivity index (χ4v) is 5.37. The highest BCUT2D eigenvalue weighted by atomic mass is 16.2. The molecular weight excluding hydrogens is 400 g/mol. The van der Waals surface area contributed by atoms with Crippen LogP contribution in [0.15, 0.2) is 30.6 Å². The van der Waals surface area contributed by atoms with E-state index in [1.165, 1.54) is 29.5 Å². The Kier molecular flexibility index (Phi) is 5.37. The van der Waals surface area contributed by atoms with Gasteiger partial charge in [0.05, 0.1) is 5.39 Å². The van der Waals surface area contributed by atoms with Crippen LogP contribution in [0.4, 0.5) is 11.5 Å². The average Bonchev–Trinajstić information content (AvgIpc) is 3.19. The van der Waals surface area contributed by atoms with Crippen LogP contribution in [-0.2, 0) is 17.6 Å². The molecule has 168 valence electrons. The molecule has 0 spiro atoms. The predicted molar refractivity (Wildman–Crippen MR) is 128 cm³/mol. The number of anilines is 2. The number of carbonyl (C=O) groups excluding carboxylic acids is 1. The van der Waals surface area contributed by atoms with Crippen LogP contribution in [0.3, 0.4) is 0 Å². The molecule has 1 saturated heterocycles. The van der Waals surface area contributed by atoms with Gasteiger partial charge in [-0.05, 0) is 76.7 Å². The molecule has 3 heterocycles. The Hall–Kier alpha value is -2.93. The molecule has 1 aliphatic carbocycles. The number of para-hydroxylation sites is 1. The summed E-state index contributed by atoms with van der Waals surface area (Å²) in [6.07, 6.45) is 7.78. The van der Waals surface area contributed by atoms with E-state index in [0.29, 0.717) is 0 Å². The van der Waals surface area contributed by atoms with Gasteiger partial charge in [0.2, 0.25) is 5.91 Å². The largest absolute Gasteiger partial charge is 0.356 e. The number of hydrogen-bond acceptors (Lipinski definition) is 5. The molecule has 7 nitrogen and oxygen atoms in total. The topological polar surface area (TPSA) is 77.2 Å². The van der Waals surface area contributed by atoms with Crippen molar-refractivity contribution >= 4 is 28.4 Å². The Balaban J connectivity index is 1.40. The fourth-order valence-electron chi connectivity index (χ4n) is 5.37. The Labute approximate surface area is 189 Å². The molecular formula is C25H32N6O. The van der Waals surface area contributed by atoms with Crippen molar-refractivity contribution in [1.82, 2.24) is 19.9 Å². The summed E-state index contributed by atoms with van der Waals surface area (Å²) in [5.41, 5.74) is 5.09. The first kappa shape index (κ1) is 20.9. The van der Waals surface area contributed by atoms with Gasteiger partial charge in [-0.25, -0.2) is 9.97 Å². The minimum atomic E-state index is -0.539. The number of likely N-dealkylation sites (N-methyl/N-ethyl adjacent to an activating group) is 1. The van der Waals surface area contributed by atoms with Crippen LogP contribution in [0.2, 0.25) is 0 Å². The van der Waals surface area contributed by atoms with Gasteiger partial charge in [0.25, 0.3) is 0 Å². The summed E-state index contributed by atoms with van der Waals surface area (Å²) in [6, 6.07) is 7.95. The summed E-state index contributed by atoms with van der Waals surface area (Å²) >= 11 is 0. The van der Waals surface area contributed by atoms with E-state index in [9.17, 15) is 4.79 Å². The molecule has 2 aromatic heterocycles. The van der Waals surface area contributed by atoms with Gasteiger partial charge < -0.3 is 15.2 Å². The smallest absolute Gasteiger partial charge is 0.245 e. The molecule has 32 heavy (non-hydrogen) atoms. The molecule has 0 atom stereocenters. The third kappa shape index (κ3) is 3.45. The van der Waals surface area contributed by atoms with E-state index in [1.54, 1.807) is 6.33 Å². The second-order valence-corrected chi connectivity index (χ2v) is 9.39. The van der Waals surface area contributed by atoms with Gasteiger partial charge in [0.15, 0.2) is 0 Å². The van der Waals surface area contributed by atoms with Crippen LogP contribution in [0.5, 0.6) is 0 Å². The van der Waals surface area contributed by atoms with Gasteiger partial charge in [0, 0.05) is 24.5 Å². The molecule has 0 unspecified atom stereocenters. The number of nitrogens with one attached hydrogen (secondary N) is 2. The van der Waals surface area contributed by atoms with E-state index in [1.807, 2.05) is 45.3 Å². The van der Waals surface area contributed by atoms with Gasteiger partial charge in [-0.15, -0.1) is 0 Å². The molecule has 1 fully saturated rings. The zero-order valence-corrected chi connectivity index (χ0v) is 19.2. The Morgan fingerprint density at radius 1 is 1.12 bits per heavy atom. The number of aromatic nitrogens is 3. The van der Waals surface area contributed by atoms with Crippen molar-refractivity contribution < 1.29 is 4.79 Å². The minimum Gasteiger partial charge on any atom is -0.356 e. The highest BCUT2D eigenvalue weighted by molar-refractivity contribution is 5.99. The van der Waals surface area contributed by atoms with Crippen molar-refractivity contribution in [2.75, 3.05) is 37.4 Å². The summed E-state index contributed by atoms with van der Waals surface area (Å²) in [5, 5.41) is 4.38. The average molecular weight is 433 g/mol. The van der Waals surface area contributed by atoms with E-state index in [-0.39, 0.29) is 5.91 Å². The Bertz CT molecular complexity index is 1140. The first-order valence-corrected chi connectivity index (χ1v) is 11.6. The number of H-pyrrole nitrogens is 1. The Morgan fingerprint density at radius 3 is 2.62 bits per heavy atom. The summed E-state index contributed by atoms with van der Waals surface area (Å²) in [7, 11) is 4.02. The van der Waals surface area contributed by atoms with Crippen LogP contribution < -0.4 is 10.2 Å². The molecule has 1 aromatic carbocycles. The highest BCUT2D eigenvalue weighted by Crippen LogP contribution is 2.37. The number of amides is 1. The number of fused-ring (bicyclic) bond motifs is 3. The SMILES string of the molecule is Cc1ccccc1NC(=O)C1(N(C)C)CCN(c2ncnc3[nH]c4c(c23)CCCC4)CC1. The van der Waals surface area contributed by atoms with Gasteiger partial charge in [-0.3, -0.25) is 9.69 Å². The third-order valence-electron chi connectivity index (χ3n) is 7.43. The molecule has 5 rings (SSSR count). The predicted octanol–water partition coefficient (Wildman–Crippen LogP) is 3.68. The quantitative estimate of drug-likeness (QED) is 0.658. The number of rotatable bonds is 4. The summed E-state index contributed by atoms with van der Waals surface area (Å²) in [4.78, 5) is 30.7. The number of carbonyl (C=O) groups is 1. The zero-order valence-electron chi connectivity index (χ0n) is 19.2. The van der Waals surface area contributed by atoms with E-state index in [4.69, 9.17) is 4.98 Å². The number of hydrogen-bond donors (Lipinski definition) is 2. The first-order valence-electron chi connectivity index (χ1n) is 11.6. The number of aromatic amines is 1. The van der Waals surface area contributed by atoms with Crippen molar-refractivity contribution in [3.05, 3.63) is 47.4 Å². The molecule has 2 aliphatic rings. The molecule has 0 bridgehead atoms. The lowest BCUT2D eigenvalue weighted by atomic mass is 9.84. The van der Waals surface area contributed by atoms with Gasteiger partial charge in [-0.2, -0.15) is 0 Å². The maximum absolute atomic E-state index is 13.5. The van der Waals surface area contributed by atoms with Gasteiger partial charge >= 0.3 is 0 Å². The molecule has 3 aromatic rings. The van der Waals surface area contributed by atoms with Crippen molar-refractivity contribution in [1.29, 1.82) is 0 Å². The second-order valence-electron chi connectivity index (χ2n) is 9.39. The van der Waals surface area contributed by atoms with Crippen molar-refractivity contribution in [2.45, 2.75) is 51.0 Å². The maximum atomic E-state index is 13.5. The van der Waals surface area contributed by atoms with Crippen molar-refractivity contribution in [3.8, 4) is 0 Å². The van der Waals surface area contributed by atoms with Gasteiger partial charge in [-0.1, -0.05) is 18.2 Å². The van der Waals surface area contributed by atoms with Crippen LogP contribution in [0.25, 0.3) is 11.0 Å². The van der Waals surface area contributed by atoms with E-state index in [0.717, 1.165) is 61.5 Å². The Morgan fingerprint density at radius 2 is 1.88 bits per heavy atom. The lowest BCUT2D eigenvalue weighted by Gasteiger charge is -2.45. The summed E-state index contributed by atoms with van der Waals surface area (Å²) in [5.74, 6) is 1.09. The fraction of sp³-hybridized carbons (Fsp3) is 0.480.